The number of ether oxygens (including phenoxy) is 1. The van der Waals surface area contributed by atoms with Gasteiger partial charge >= 0.3 is 5.97 Å². The molecule has 5 heteroatoms. The molecular weight excluding hydrogens is 306 g/mol. The van der Waals surface area contributed by atoms with Crippen LogP contribution in [0.2, 0.25) is 0 Å². The van der Waals surface area contributed by atoms with Gasteiger partial charge in [0.25, 0.3) is 0 Å². The molecule has 1 aliphatic carbocycles. The van der Waals surface area contributed by atoms with Crippen molar-refractivity contribution in [3.8, 4) is 5.75 Å². The van der Waals surface area contributed by atoms with Gasteiger partial charge < -0.3 is 14.7 Å². The second-order valence-electron chi connectivity index (χ2n) is 6.84. The lowest BCUT2D eigenvalue weighted by atomic mass is 9.80. The van der Waals surface area contributed by atoms with Crippen molar-refractivity contribution in [1.82, 2.24) is 4.90 Å². The number of carboxylic acid groups (broad SMARTS) is 1. The summed E-state index contributed by atoms with van der Waals surface area (Å²) in [6.07, 6.45) is 4.04. The van der Waals surface area contributed by atoms with Gasteiger partial charge in [-0.05, 0) is 44.4 Å². The van der Waals surface area contributed by atoms with Gasteiger partial charge in [0, 0.05) is 7.05 Å². The van der Waals surface area contributed by atoms with Gasteiger partial charge in [0.2, 0.25) is 5.91 Å². The van der Waals surface area contributed by atoms with Crippen molar-refractivity contribution in [1.29, 1.82) is 0 Å². The molecule has 1 aliphatic rings. The fraction of sp³-hybridized carbons (Fsp3) is 0.579. The van der Waals surface area contributed by atoms with Gasteiger partial charge in [-0.25, -0.2) is 4.79 Å². The zero-order chi connectivity index (χ0) is 17.7. The van der Waals surface area contributed by atoms with Gasteiger partial charge in [-0.3, -0.25) is 4.79 Å². The minimum atomic E-state index is -1.05. The van der Waals surface area contributed by atoms with Crippen LogP contribution in [0.3, 0.4) is 0 Å². The summed E-state index contributed by atoms with van der Waals surface area (Å²) in [5.74, 6) is -0.334. The average Bonchev–Trinajstić information content (AvgIpc) is 2.54. The average molecular weight is 333 g/mol. The number of aliphatic carboxylic acids is 1. The number of carbonyl (C=O) groups is 2. The van der Waals surface area contributed by atoms with E-state index in [1.54, 1.807) is 7.05 Å². The molecule has 0 radical (unpaired) electrons. The third kappa shape index (κ3) is 4.08. The summed E-state index contributed by atoms with van der Waals surface area (Å²) in [5.41, 5.74) is -0.220. The molecule has 1 aromatic carbocycles. The SMILES string of the molecule is CC(C)Oc1cccc(CC(=O)N(C)C2(C(=O)O)CCCCC2)c1. The summed E-state index contributed by atoms with van der Waals surface area (Å²) in [4.78, 5) is 26.0. The van der Waals surface area contributed by atoms with E-state index >= 15 is 0 Å². The maximum absolute atomic E-state index is 12.7. The predicted molar refractivity (Wildman–Crippen MR) is 92.1 cm³/mol. The number of carboxylic acids is 1. The third-order valence-corrected chi connectivity index (χ3v) is 4.72. The number of likely N-dealkylation sites (N-methyl/N-ethyl adjacent to an activating group) is 1. The molecule has 0 heterocycles. The molecule has 132 valence electrons. The van der Waals surface area contributed by atoms with Crippen LogP contribution in [0.4, 0.5) is 0 Å². The molecule has 24 heavy (non-hydrogen) atoms. The number of rotatable bonds is 6. The van der Waals surface area contributed by atoms with Crippen LogP contribution in [0.25, 0.3) is 0 Å². The summed E-state index contributed by atoms with van der Waals surface area (Å²) >= 11 is 0. The van der Waals surface area contributed by atoms with Crippen LogP contribution < -0.4 is 4.74 Å². The number of hydrogen-bond donors (Lipinski definition) is 1. The van der Waals surface area contributed by atoms with Crippen molar-refractivity contribution in [3.63, 3.8) is 0 Å². The second kappa shape index (κ2) is 7.69. The molecule has 1 N–H and O–H groups in total. The van der Waals surface area contributed by atoms with E-state index in [4.69, 9.17) is 4.74 Å². The molecule has 0 atom stereocenters. The van der Waals surface area contributed by atoms with Crippen LogP contribution >= 0.6 is 0 Å². The fourth-order valence-electron chi connectivity index (χ4n) is 3.36. The van der Waals surface area contributed by atoms with E-state index in [0.717, 1.165) is 30.6 Å². The van der Waals surface area contributed by atoms with Crippen LogP contribution in [-0.2, 0) is 16.0 Å². The number of amides is 1. The van der Waals surface area contributed by atoms with Gasteiger partial charge in [0.05, 0.1) is 12.5 Å². The van der Waals surface area contributed by atoms with E-state index in [-0.39, 0.29) is 18.4 Å². The van der Waals surface area contributed by atoms with Crippen molar-refractivity contribution in [2.75, 3.05) is 7.05 Å². The van der Waals surface area contributed by atoms with Crippen molar-refractivity contribution in [2.24, 2.45) is 0 Å². The lowest BCUT2D eigenvalue weighted by molar-refractivity contribution is -0.160. The van der Waals surface area contributed by atoms with Crippen molar-refractivity contribution >= 4 is 11.9 Å². The highest BCUT2D eigenvalue weighted by Crippen LogP contribution is 2.33. The minimum Gasteiger partial charge on any atom is -0.491 e. The minimum absolute atomic E-state index is 0.0659. The molecule has 2 rings (SSSR count). The summed E-state index contributed by atoms with van der Waals surface area (Å²) in [6, 6.07) is 7.43. The maximum Gasteiger partial charge on any atom is 0.329 e. The Morgan fingerprint density at radius 1 is 1.25 bits per heavy atom. The largest absolute Gasteiger partial charge is 0.491 e. The molecule has 1 fully saturated rings. The first kappa shape index (κ1) is 18.3. The highest BCUT2D eigenvalue weighted by Gasteiger charge is 2.45. The first-order valence-corrected chi connectivity index (χ1v) is 8.61. The first-order valence-electron chi connectivity index (χ1n) is 8.61. The summed E-state index contributed by atoms with van der Waals surface area (Å²) in [6.45, 7) is 3.90. The Kier molecular flexibility index (Phi) is 5.86. The van der Waals surface area contributed by atoms with E-state index in [9.17, 15) is 14.7 Å². The molecule has 1 saturated carbocycles. The zero-order valence-electron chi connectivity index (χ0n) is 14.7. The van der Waals surface area contributed by atoms with Crippen LogP contribution in [-0.4, -0.2) is 40.6 Å². The van der Waals surface area contributed by atoms with Gasteiger partial charge in [-0.1, -0.05) is 31.4 Å². The quantitative estimate of drug-likeness (QED) is 0.868. The highest BCUT2D eigenvalue weighted by molar-refractivity contribution is 5.88. The standard InChI is InChI=1S/C19H27NO4/c1-14(2)24-16-9-7-8-15(12-16)13-17(21)20(3)19(18(22)23)10-5-4-6-11-19/h7-9,12,14H,4-6,10-11,13H2,1-3H3,(H,22,23). The molecule has 0 saturated heterocycles. The Morgan fingerprint density at radius 2 is 1.92 bits per heavy atom. The molecule has 0 unspecified atom stereocenters. The molecule has 0 aromatic heterocycles. The van der Waals surface area contributed by atoms with Gasteiger partial charge in [-0.2, -0.15) is 0 Å². The van der Waals surface area contributed by atoms with E-state index in [0.29, 0.717) is 12.8 Å². The number of nitrogens with zero attached hydrogens (tertiary/aromatic N) is 1. The monoisotopic (exact) mass is 333 g/mol. The molecular formula is C19H27NO4. The van der Waals surface area contributed by atoms with Gasteiger partial charge in [0.1, 0.15) is 11.3 Å². The van der Waals surface area contributed by atoms with E-state index in [1.807, 2.05) is 38.1 Å². The number of hydrogen-bond acceptors (Lipinski definition) is 3. The van der Waals surface area contributed by atoms with Gasteiger partial charge in [-0.15, -0.1) is 0 Å². The van der Waals surface area contributed by atoms with E-state index in [2.05, 4.69) is 0 Å². The molecule has 0 aliphatic heterocycles. The smallest absolute Gasteiger partial charge is 0.329 e. The van der Waals surface area contributed by atoms with Crippen LogP contribution in [0.1, 0.15) is 51.5 Å². The molecule has 1 amide bonds. The maximum atomic E-state index is 12.7. The molecule has 5 nitrogen and oxygen atoms in total. The van der Waals surface area contributed by atoms with Crippen LogP contribution in [0.5, 0.6) is 5.75 Å². The van der Waals surface area contributed by atoms with Crippen molar-refractivity contribution in [3.05, 3.63) is 29.8 Å². The normalized spacial score (nSPS) is 16.7. The third-order valence-electron chi connectivity index (χ3n) is 4.72. The Bertz CT molecular complexity index is 591. The summed E-state index contributed by atoms with van der Waals surface area (Å²) < 4.78 is 5.65. The Hall–Kier alpha value is -2.04. The fourth-order valence-corrected chi connectivity index (χ4v) is 3.36. The Morgan fingerprint density at radius 3 is 2.50 bits per heavy atom. The van der Waals surface area contributed by atoms with Crippen molar-refractivity contribution in [2.45, 2.75) is 64.0 Å². The summed E-state index contributed by atoms with van der Waals surface area (Å²) in [5, 5.41) is 9.70. The Balaban J connectivity index is 2.12. The molecule has 0 spiro atoms. The van der Waals surface area contributed by atoms with Crippen molar-refractivity contribution < 1.29 is 19.4 Å². The molecule has 0 bridgehead atoms. The summed E-state index contributed by atoms with van der Waals surface area (Å²) in [7, 11) is 1.62. The first-order chi connectivity index (χ1) is 11.3. The highest BCUT2D eigenvalue weighted by atomic mass is 16.5. The second-order valence-corrected chi connectivity index (χ2v) is 6.84. The lowest BCUT2D eigenvalue weighted by Crippen LogP contribution is -2.56. The van der Waals surface area contributed by atoms with E-state index < -0.39 is 11.5 Å². The van der Waals surface area contributed by atoms with Gasteiger partial charge in [0.15, 0.2) is 0 Å². The Labute approximate surface area is 143 Å². The lowest BCUT2D eigenvalue weighted by Gasteiger charge is -2.41. The predicted octanol–water partition coefficient (Wildman–Crippen LogP) is 3.26. The number of carbonyl (C=O) groups excluding carboxylic acids is 1. The zero-order valence-corrected chi connectivity index (χ0v) is 14.7. The van der Waals surface area contributed by atoms with Crippen LogP contribution in [0.15, 0.2) is 24.3 Å². The topological polar surface area (TPSA) is 66.8 Å². The number of benzene rings is 1. The van der Waals surface area contributed by atoms with E-state index in [1.165, 1.54) is 4.90 Å². The molecule has 1 aromatic rings. The van der Waals surface area contributed by atoms with Crippen LogP contribution in [0, 0.1) is 0 Å².